The van der Waals surface area contributed by atoms with E-state index in [-0.39, 0.29) is 5.56 Å². The molecule has 152 valence electrons. The van der Waals surface area contributed by atoms with Crippen molar-refractivity contribution in [3.8, 4) is 6.07 Å². The topological polar surface area (TPSA) is 53.1 Å². The molecule has 0 saturated heterocycles. The van der Waals surface area contributed by atoms with Gasteiger partial charge in [0.05, 0.1) is 22.7 Å². The van der Waals surface area contributed by atoms with Crippen molar-refractivity contribution in [3.63, 3.8) is 0 Å². The Morgan fingerprint density at radius 3 is 2.67 bits per heavy atom. The molecule has 0 aliphatic heterocycles. The Bertz CT molecular complexity index is 1320. The Hall–Kier alpha value is -3.05. The van der Waals surface area contributed by atoms with Gasteiger partial charge >= 0.3 is 6.18 Å². The molecular formula is C22H16BrF3N4. The van der Waals surface area contributed by atoms with Gasteiger partial charge < -0.3 is 5.32 Å². The third-order valence-corrected chi connectivity index (χ3v) is 5.62. The molecule has 0 amide bonds. The predicted octanol–water partition coefficient (Wildman–Crippen LogP) is 6.62. The normalized spacial score (nSPS) is 12.8. The molecule has 8 heteroatoms. The summed E-state index contributed by atoms with van der Waals surface area (Å²) in [6, 6.07) is 13.2. The Balaban J connectivity index is 1.84. The minimum Gasteiger partial charge on any atom is -0.363 e. The minimum atomic E-state index is -4.41. The van der Waals surface area contributed by atoms with Crippen LogP contribution in [0.1, 0.15) is 35.2 Å². The van der Waals surface area contributed by atoms with Crippen molar-refractivity contribution in [1.29, 1.82) is 5.26 Å². The molecule has 2 heterocycles. The van der Waals surface area contributed by atoms with E-state index in [0.29, 0.717) is 22.6 Å². The standard InChI is InChI=1S/C22H16BrF3N4/c1-12-16(4-3-5-18(12)22(24,25)26)13(2)28-21-17-9-15(23)6-7-19(17)30-11-14(10-27)8-20(30)29-21/h3-9,11,13H,1-2H3,(H,28,29)/t13-/m1/s1. The van der Waals surface area contributed by atoms with Gasteiger partial charge in [0.25, 0.3) is 0 Å². The average molecular weight is 473 g/mol. The molecule has 4 nitrogen and oxygen atoms in total. The fraction of sp³-hybridized carbons (Fsp3) is 0.182. The predicted molar refractivity (Wildman–Crippen MR) is 113 cm³/mol. The summed E-state index contributed by atoms with van der Waals surface area (Å²) >= 11 is 3.46. The van der Waals surface area contributed by atoms with E-state index >= 15 is 0 Å². The molecule has 0 bridgehead atoms. The van der Waals surface area contributed by atoms with Crippen molar-refractivity contribution in [2.24, 2.45) is 0 Å². The highest BCUT2D eigenvalue weighted by Crippen LogP contribution is 2.36. The molecule has 0 aliphatic carbocycles. The summed E-state index contributed by atoms with van der Waals surface area (Å²) in [4.78, 5) is 4.64. The first-order valence-electron chi connectivity index (χ1n) is 9.13. The molecule has 30 heavy (non-hydrogen) atoms. The number of nitrogens with one attached hydrogen (secondary N) is 1. The van der Waals surface area contributed by atoms with Gasteiger partial charge in [0.15, 0.2) is 0 Å². The van der Waals surface area contributed by atoms with E-state index in [9.17, 15) is 18.4 Å². The maximum atomic E-state index is 13.3. The summed E-state index contributed by atoms with van der Waals surface area (Å²) < 4.78 is 42.6. The van der Waals surface area contributed by atoms with Crippen molar-refractivity contribution in [1.82, 2.24) is 9.38 Å². The summed E-state index contributed by atoms with van der Waals surface area (Å²) in [5, 5.41) is 13.3. The first-order chi connectivity index (χ1) is 14.2. The zero-order valence-electron chi connectivity index (χ0n) is 16.0. The molecule has 0 radical (unpaired) electrons. The first kappa shape index (κ1) is 20.2. The number of fused-ring (bicyclic) bond motifs is 3. The molecule has 1 atom stereocenters. The maximum Gasteiger partial charge on any atom is 0.416 e. The smallest absolute Gasteiger partial charge is 0.363 e. The molecule has 0 unspecified atom stereocenters. The number of hydrogen-bond acceptors (Lipinski definition) is 3. The number of hydrogen-bond donors (Lipinski definition) is 1. The van der Waals surface area contributed by atoms with Crippen molar-refractivity contribution >= 4 is 38.3 Å². The van der Waals surface area contributed by atoms with Crippen LogP contribution in [0.15, 0.2) is 53.1 Å². The maximum absolute atomic E-state index is 13.3. The van der Waals surface area contributed by atoms with Crippen molar-refractivity contribution in [2.45, 2.75) is 26.1 Å². The van der Waals surface area contributed by atoms with Gasteiger partial charge in [0.2, 0.25) is 0 Å². The Labute approximate surface area is 179 Å². The van der Waals surface area contributed by atoms with Gasteiger partial charge in [-0.2, -0.15) is 18.4 Å². The van der Waals surface area contributed by atoms with Crippen LogP contribution in [0.2, 0.25) is 0 Å². The monoisotopic (exact) mass is 472 g/mol. The van der Waals surface area contributed by atoms with E-state index < -0.39 is 17.8 Å². The third kappa shape index (κ3) is 3.50. The van der Waals surface area contributed by atoms with Gasteiger partial charge in [-0.25, -0.2) is 4.98 Å². The Morgan fingerprint density at radius 2 is 1.97 bits per heavy atom. The second kappa shape index (κ2) is 7.33. The van der Waals surface area contributed by atoms with Gasteiger partial charge in [-0.15, -0.1) is 0 Å². The summed E-state index contributed by atoms with van der Waals surface area (Å²) in [5.74, 6) is 0.533. The lowest BCUT2D eigenvalue weighted by Crippen LogP contribution is -2.14. The van der Waals surface area contributed by atoms with Crippen LogP contribution in [0.25, 0.3) is 16.6 Å². The number of rotatable bonds is 3. The largest absolute Gasteiger partial charge is 0.416 e. The molecule has 0 saturated carbocycles. The summed E-state index contributed by atoms with van der Waals surface area (Å²) in [5.41, 5.74) is 1.98. The van der Waals surface area contributed by atoms with E-state index in [2.05, 4.69) is 32.3 Å². The molecule has 1 N–H and O–H groups in total. The van der Waals surface area contributed by atoms with Crippen LogP contribution in [-0.4, -0.2) is 9.38 Å². The number of halogens is 4. The average Bonchev–Trinajstić information content (AvgIpc) is 3.10. The van der Waals surface area contributed by atoms with Gasteiger partial charge in [-0.3, -0.25) is 4.40 Å². The van der Waals surface area contributed by atoms with E-state index in [1.54, 1.807) is 25.3 Å². The Morgan fingerprint density at radius 1 is 1.20 bits per heavy atom. The molecule has 0 spiro atoms. The fourth-order valence-electron chi connectivity index (χ4n) is 3.70. The van der Waals surface area contributed by atoms with E-state index in [4.69, 9.17) is 0 Å². The zero-order chi connectivity index (χ0) is 21.6. The van der Waals surface area contributed by atoms with E-state index in [1.807, 2.05) is 22.6 Å². The number of alkyl halides is 3. The summed E-state index contributed by atoms with van der Waals surface area (Å²) in [6.07, 6.45) is -2.70. The van der Waals surface area contributed by atoms with E-state index in [1.165, 1.54) is 13.0 Å². The molecule has 2 aromatic carbocycles. The minimum absolute atomic E-state index is 0.186. The van der Waals surface area contributed by atoms with Crippen LogP contribution >= 0.6 is 15.9 Å². The SMILES string of the molecule is Cc1c([C@@H](C)Nc2nc3cc(C#N)cn3c3ccc(Br)cc23)cccc1C(F)(F)F. The van der Waals surface area contributed by atoms with Crippen LogP contribution in [-0.2, 0) is 6.18 Å². The highest BCUT2D eigenvalue weighted by atomic mass is 79.9. The van der Waals surface area contributed by atoms with Gasteiger partial charge in [0, 0.05) is 22.1 Å². The van der Waals surface area contributed by atoms with Gasteiger partial charge in [-0.1, -0.05) is 28.1 Å². The third-order valence-electron chi connectivity index (χ3n) is 5.13. The molecule has 4 rings (SSSR count). The lowest BCUT2D eigenvalue weighted by atomic mass is 9.97. The van der Waals surface area contributed by atoms with Crippen LogP contribution in [0, 0.1) is 18.3 Å². The second-order valence-electron chi connectivity index (χ2n) is 7.07. The van der Waals surface area contributed by atoms with Crippen LogP contribution in [0.4, 0.5) is 19.0 Å². The van der Waals surface area contributed by atoms with Crippen LogP contribution < -0.4 is 5.32 Å². The number of benzene rings is 2. The zero-order valence-corrected chi connectivity index (χ0v) is 17.6. The fourth-order valence-corrected chi connectivity index (χ4v) is 4.06. The summed E-state index contributed by atoms with van der Waals surface area (Å²) in [6.45, 7) is 3.28. The van der Waals surface area contributed by atoms with Gasteiger partial charge in [0.1, 0.15) is 17.5 Å². The van der Waals surface area contributed by atoms with E-state index in [0.717, 1.165) is 21.4 Å². The van der Waals surface area contributed by atoms with Crippen molar-refractivity contribution in [3.05, 3.63) is 75.4 Å². The summed E-state index contributed by atoms with van der Waals surface area (Å²) in [7, 11) is 0. The molecular weight excluding hydrogens is 457 g/mol. The highest BCUT2D eigenvalue weighted by Gasteiger charge is 2.33. The number of aromatic nitrogens is 2. The number of nitriles is 1. The molecule has 2 aromatic heterocycles. The molecule has 0 fully saturated rings. The van der Waals surface area contributed by atoms with Gasteiger partial charge in [-0.05, 0) is 49.2 Å². The lowest BCUT2D eigenvalue weighted by molar-refractivity contribution is -0.138. The second-order valence-corrected chi connectivity index (χ2v) is 7.99. The van der Waals surface area contributed by atoms with Crippen molar-refractivity contribution < 1.29 is 13.2 Å². The van der Waals surface area contributed by atoms with Crippen LogP contribution in [0.3, 0.4) is 0 Å². The Kier molecular flexibility index (Phi) is 4.94. The van der Waals surface area contributed by atoms with Crippen molar-refractivity contribution in [2.75, 3.05) is 5.32 Å². The number of nitrogens with zero attached hydrogens (tertiary/aromatic N) is 3. The quantitative estimate of drug-likeness (QED) is 0.364. The molecule has 4 aromatic rings. The number of anilines is 1. The molecule has 0 aliphatic rings. The lowest BCUT2D eigenvalue weighted by Gasteiger charge is -2.21. The van der Waals surface area contributed by atoms with Crippen LogP contribution in [0.5, 0.6) is 0 Å². The first-order valence-corrected chi connectivity index (χ1v) is 9.93. The highest BCUT2D eigenvalue weighted by molar-refractivity contribution is 9.10.